The van der Waals surface area contributed by atoms with Crippen LogP contribution in [0.4, 0.5) is 11.4 Å². The summed E-state index contributed by atoms with van der Waals surface area (Å²) in [5.41, 5.74) is 2.01. The molecule has 6 nitrogen and oxygen atoms in total. The van der Waals surface area contributed by atoms with Crippen molar-refractivity contribution in [3.63, 3.8) is 0 Å². The summed E-state index contributed by atoms with van der Waals surface area (Å²) in [6.07, 6.45) is 0. The summed E-state index contributed by atoms with van der Waals surface area (Å²) in [5.74, 6) is 0.727. The summed E-state index contributed by atoms with van der Waals surface area (Å²) >= 11 is 1.73. The van der Waals surface area contributed by atoms with Gasteiger partial charge in [-0.25, -0.2) is 8.42 Å². The number of ether oxygens (including phenoxy) is 1. The fourth-order valence-electron chi connectivity index (χ4n) is 3.66. The molecular weight excluding hydrogens is 504 g/mol. The molecule has 0 aromatic heterocycles. The van der Waals surface area contributed by atoms with Crippen LogP contribution in [0.1, 0.15) is 12.5 Å². The Morgan fingerprint density at radius 1 is 0.838 bits per heavy atom. The zero-order valence-corrected chi connectivity index (χ0v) is 22.0. The first-order valence-electron chi connectivity index (χ1n) is 11.8. The van der Waals surface area contributed by atoms with Crippen molar-refractivity contribution < 1.29 is 17.9 Å². The highest BCUT2D eigenvalue weighted by Gasteiger charge is 2.29. The van der Waals surface area contributed by atoms with Crippen LogP contribution in [0.3, 0.4) is 0 Å². The van der Waals surface area contributed by atoms with Crippen molar-refractivity contribution in [2.75, 3.05) is 22.8 Å². The van der Waals surface area contributed by atoms with Crippen LogP contribution in [0.2, 0.25) is 0 Å². The van der Waals surface area contributed by atoms with Crippen LogP contribution < -0.4 is 14.4 Å². The Hall–Kier alpha value is -3.75. The molecule has 4 rings (SSSR count). The Balaban J connectivity index is 1.51. The molecule has 0 saturated heterocycles. The largest absolute Gasteiger partial charge is 0.492 e. The molecule has 8 heteroatoms. The van der Waals surface area contributed by atoms with Crippen LogP contribution in [0.5, 0.6) is 5.75 Å². The van der Waals surface area contributed by atoms with Gasteiger partial charge in [0.15, 0.2) is 0 Å². The van der Waals surface area contributed by atoms with Gasteiger partial charge in [-0.2, -0.15) is 0 Å². The maximum absolute atomic E-state index is 13.6. The van der Waals surface area contributed by atoms with Gasteiger partial charge < -0.3 is 10.1 Å². The summed E-state index contributed by atoms with van der Waals surface area (Å²) in [6.45, 7) is 1.77. The molecule has 190 valence electrons. The molecule has 0 spiro atoms. The third kappa shape index (κ3) is 6.93. The highest BCUT2D eigenvalue weighted by molar-refractivity contribution is 7.98. The molecule has 0 atom stereocenters. The third-order valence-electron chi connectivity index (χ3n) is 5.44. The molecule has 0 aliphatic heterocycles. The smallest absolute Gasteiger partial charge is 0.264 e. The highest BCUT2D eigenvalue weighted by atomic mass is 32.2. The van der Waals surface area contributed by atoms with Gasteiger partial charge in [-0.1, -0.05) is 60.7 Å². The lowest BCUT2D eigenvalue weighted by atomic mass is 10.2. The number of hydrogen-bond acceptors (Lipinski definition) is 5. The number of anilines is 2. The van der Waals surface area contributed by atoms with Gasteiger partial charge in [0.1, 0.15) is 12.3 Å². The molecule has 1 N–H and O–H groups in total. The van der Waals surface area contributed by atoms with Gasteiger partial charge in [-0.05, 0) is 61.0 Å². The van der Waals surface area contributed by atoms with E-state index in [1.54, 1.807) is 54.2 Å². The molecule has 0 radical (unpaired) electrons. The van der Waals surface area contributed by atoms with Crippen LogP contribution in [0.15, 0.2) is 119 Å². The molecule has 0 bridgehead atoms. The van der Waals surface area contributed by atoms with E-state index in [-0.39, 0.29) is 4.90 Å². The van der Waals surface area contributed by atoms with Crippen LogP contribution in [-0.2, 0) is 20.6 Å². The van der Waals surface area contributed by atoms with Crippen LogP contribution in [0.25, 0.3) is 0 Å². The van der Waals surface area contributed by atoms with Crippen molar-refractivity contribution in [3.05, 3.63) is 115 Å². The Morgan fingerprint density at radius 3 is 2.14 bits per heavy atom. The number of carbonyl (C=O) groups is 1. The second-order valence-corrected chi connectivity index (χ2v) is 11.0. The summed E-state index contributed by atoms with van der Waals surface area (Å²) < 4.78 is 34.0. The average molecular weight is 533 g/mol. The molecule has 4 aromatic carbocycles. The third-order valence-corrected chi connectivity index (χ3v) is 8.30. The van der Waals surface area contributed by atoms with E-state index in [2.05, 4.69) is 17.4 Å². The number of rotatable bonds is 11. The lowest BCUT2D eigenvalue weighted by molar-refractivity contribution is -0.114. The molecule has 0 aliphatic carbocycles. The first-order chi connectivity index (χ1) is 18.0. The SMILES string of the molecule is CCOc1ccccc1N(CC(=O)Nc1ccc(CSc2ccccc2)cc1)S(=O)(=O)c1ccccc1. The minimum atomic E-state index is -4.03. The van der Waals surface area contributed by atoms with Crippen LogP contribution in [0, 0.1) is 0 Å². The van der Waals surface area contributed by atoms with Crippen molar-refractivity contribution in [1.82, 2.24) is 0 Å². The molecule has 0 saturated carbocycles. The minimum Gasteiger partial charge on any atom is -0.492 e. The molecule has 0 heterocycles. The van der Waals surface area contributed by atoms with Gasteiger partial charge in [0.25, 0.3) is 10.0 Å². The molecule has 37 heavy (non-hydrogen) atoms. The number of benzene rings is 4. The van der Waals surface area contributed by atoms with E-state index in [1.165, 1.54) is 17.0 Å². The normalized spacial score (nSPS) is 11.1. The number of thioether (sulfide) groups is 1. The average Bonchev–Trinajstić information content (AvgIpc) is 2.93. The van der Waals surface area contributed by atoms with Gasteiger partial charge in [-0.3, -0.25) is 9.10 Å². The predicted octanol–water partition coefficient (Wildman–Crippen LogP) is 6.21. The predicted molar refractivity (Wildman–Crippen MR) is 150 cm³/mol. The molecule has 1 amide bonds. The Morgan fingerprint density at radius 2 is 1.46 bits per heavy atom. The summed E-state index contributed by atoms with van der Waals surface area (Å²) in [5, 5.41) is 2.83. The highest BCUT2D eigenvalue weighted by Crippen LogP contribution is 2.32. The van der Waals surface area contributed by atoms with Crippen molar-refractivity contribution >= 4 is 39.1 Å². The Labute approximate surface area is 222 Å². The fraction of sp³-hybridized carbons (Fsp3) is 0.138. The number of hydrogen-bond donors (Lipinski definition) is 1. The van der Waals surface area contributed by atoms with E-state index in [0.717, 1.165) is 15.6 Å². The van der Waals surface area contributed by atoms with Crippen molar-refractivity contribution in [2.45, 2.75) is 22.5 Å². The van der Waals surface area contributed by atoms with Gasteiger partial charge in [0, 0.05) is 16.3 Å². The van der Waals surface area contributed by atoms with Crippen LogP contribution >= 0.6 is 11.8 Å². The lowest BCUT2D eigenvalue weighted by Gasteiger charge is -2.26. The number of sulfonamides is 1. The molecular formula is C29H28N2O4S2. The first kappa shape index (κ1) is 26.3. The van der Waals surface area contributed by atoms with E-state index < -0.39 is 22.5 Å². The molecule has 0 unspecified atom stereocenters. The number of para-hydroxylation sites is 2. The van der Waals surface area contributed by atoms with Gasteiger partial charge in [0.05, 0.1) is 17.2 Å². The number of carbonyl (C=O) groups excluding carboxylic acids is 1. The second-order valence-electron chi connectivity index (χ2n) is 8.07. The van der Waals surface area contributed by atoms with E-state index >= 15 is 0 Å². The zero-order chi connectivity index (χ0) is 26.1. The van der Waals surface area contributed by atoms with Gasteiger partial charge in [-0.15, -0.1) is 11.8 Å². The minimum absolute atomic E-state index is 0.0920. The first-order valence-corrected chi connectivity index (χ1v) is 14.3. The van der Waals surface area contributed by atoms with E-state index in [4.69, 9.17) is 4.74 Å². The summed E-state index contributed by atoms with van der Waals surface area (Å²) in [6, 6.07) is 32.6. The number of nitrogens with one attached hydrogen (secondary N) is 1. The zero-order valence-electron chi connectivity index (χ0n) is 20.4. The summed E-state index contributed by atoms with van der Waals surface area (Å²) in [4.78, 5) is 14.4. The van der Waals surface area contributed by atoms with Crippen LogP contribution in [-0.4, -0.2) is 27.5 Å². The van der Waals surface area contributed by atoms with Crippen molar-refractivity contribution in [1.29, 1.82) is 0 Å². The van der Waals surface area contributed by atoms with Crippen molar-refractivity contribution in [2.24, 2.45) is 0 Å². The fourth-order valence-corrected chi connectivity index (χ4v) is 5.99. The quantitative estimate of drug-likeness (QED) is 0.232. The Bertz CT molecular complexity index is 1410. The number of nitrogens with zero attached hydrogens (tertiary/aromatic N) is 1. The van der Waals surface area contributed by atoms with E-state index in [1.807, 2.05) is 49.4 Å². The molecule has 0 aliphatic rings. The topological polar surface area (TPSA) is 75.7 Å². The number of amides is 1. The monoisotopic (exact) mass is 532 g/mol. The van der Waals surface area contributed by atoms with E-state index in [9.17, 15) is 13.2 Å². The summed E-state index contributed by atoms with van der Waals surface area (Å²) in [7, 11) is -4.03. The molecule has 0 fully saturated rings. The van der Waals surface area contributed by atoms with Crippen molar-refractivity contribution in [3.8, 4) is 5.75 Å². The lowest BCUT2D eigenvalue weighted by Crippen LogP contribution is -2.38. The maximum atomic E-state index is 13.6. The van der Waals surface area contributed by atoms with Gasteiger partial charge in [0.2, 0.25) is 5.91 Å². The standard InChI is InChI=1S/C29H28N2O4S2/c1-2-35-28-16-10-9-15-27(28)31(37(33,34)26-13-7-4-8-14-26)21-29(32)30-24-19-17-23(18-20-24)22-36-25-11-5-3-6-12-25/h3-20H,2,21-22H2,1H3,(H,30,32). The maximum Gasteiger partial charge on any atom is 0.264 e. The van der Waals surface area contributed by atoms with Gasteiger partial charge >= 0.3 is 0 Å². The Kier molecular flexibility index (Phi) is 8.87. The van der Waals surface area contributed by atoms with E-state index in [0.29, 0.717) is 23.7 Å². The second kappa shape index (κ2) is 12.5. The molecule has 4 aromatic rings.